The number of aryl methyl sites for hydroxylation is 1. The number of rotatable bonds is 3. The van der Waals surface area contributed by atoms with Gasteiger partial charge in [-0.15, -0.1) is 10.2 Å². The molecule has 7 nitrogen and oxygen atoms in total. The third-order valence-electron chi connectivity index (χ3n) is 2.57. The van der Waals surface area contributed by atoms with E-state index in [9.17, 15) is 9.90 Å². The van der Waals surface area contributed by atoms with E-state index in [2.05, 4.69) is 25.3 Å². The monoisotopic (exact) mass is 286 g/mol. The normalized spacial score (nSPS) is 10.6. The molecule has 0 aliphatic heterocycles. The molecule has 2 rings (SSSR count). The van der Waals surface area contributed by atoms with Crippen LogP contribution < -0.4 is 5.32 Å². The van der Waals surface area contributed by atoms with E-state index < -0.39 is 6.09 Å². The molecule has 1 aromatic carbocycles. The maximum Gasteiger partial charge on any atom is 0.412 e. The smallest absolute Gasteiger partial charge is 0.412 e. The number of aromatic hydroxyl groups is 1. The number of methoxy groups -OCH3 is 1. The second-order valence-electron chi connectivity index (χ2n) is 4.13. The lowest BCUT2D eigenvalue weighted by Gasteiger charge is -2.06. The second kappa shape index (κ2) is 6.47. The molecule has 0 fully saturated rings. The predicted octanol–water partition coefficient (Wildman–Crippen LogP) is 3.69. The van der Waals surface area contributed by atoms with Gasteiger partial charge in [0.1, 0.15) is 17.1 Å². The Labute approximate surface area is 121 Å². The highest BCUT2D eigenvalue weighted by atomic mass is 16.5. The molecule has 0 aliphatic rings. The first-order valence-corrected chi connectivity index (χ1v) is 6.12. The van der Waals surface area contributed by atoms with Crippen molar-refractivity contribution in [3.63, 3.8) is 0 Å². The second-order valence-corrected chi connectivity index (χ2v) is 4.13. The van der Waals surface area contributed by atoms with Gasteiger partial charge in [0.15, 0.2) is 5.82 Å². The van der Waals surface area contributed by atoms with E-state index in [0.29, 0.717) is 17.1 Å². The van der Waals surface area contributed by atoms with Gasteiger partial charge in [-0.25, -0.2) is 9.78 Å². The molecule has 2 N–H and O–H groups in total. The van der Waals surface area contributed by atoms with Crippen LogP contribution in [0.4, 0.5) is 22.0 Å². The van der Waals surface area contributed by atoms with E-state index in [1.165, 1.54) is 13.2 Å². The van der Waals surface area contributed by atoms with Gasteiger partial charge in [-0.05, 0) is 31.2 Å². The highest BCUT2D eigenvalue weighted by Crippen LogP contribution is 2.29. The average Bonchev–Trinajstić information content (AvgIpc) is 2.48. The fourth-order valence-corrected chi connectivity index (χ4v) is 1.53. The number of hydrogen-bond donors (Lipinski definition) is 2. The quantitative estimate of drug-likeness (QED) is 0.841. The average molecular weight is 286 g/mol. The number of carbonyl (C=O) groups is 1. The number of hydrogen-bond acceptors (Lipinski definition) is 6. The van der Waals surface area contributed by atoms with Crippen molar-refractivity contribution in [3.8, 4) is 5.75 Å². The number of amides is 1. The SMILES string of the molecule is COC(=O)Nc1nc(C)ccc1/N=N/c1ccccc1O. The van der Waals surface area contributed by atoms with Crippen LogP contribution >= 0.6 is 0 Å². The molecular formula is C14H14N4O3. The number of benzene rings is 1. The van der Waals surface area contributed by atoms with Crippen molar-refractivity contribution in [2.24, 2.45) is 10.2 Å². The number of ether oxygens (including phenoxy) is 1. The predicted molar refractivity (Wildman–Crippen MR) is 77.3 cm³/mol. The summed E-state index contributed by atoms with van der Waals surface area (Å²) in [5, 5.41) is 20.0. The zero-order valence-corrected chi connectivity index (χ0v) is 11.6. The topological polar surface area (TPSA) is 96.2 Å². The van der Waals surface area contributed by atoms with Gasteiger partial charge in [0.25, 0.3) is 0 Å². The molecule has 0 atom stereocenters. The Bertz CT molecular complexity index is 686. The van der Waals surface area contributed by atoms with E-state index in [1.54, 1.807) is 37.3 Å². The fraction of sp³-hybridized carbons (Fsp3) is 0.143. The van der Waals surface area contributed by atoms with Gasteiger partial charge in [0.05, 0.1) is 7.11 Å². The van der Waals surface area contributed by atoms with Crippen LogP contribution in [0.5, 0.6) is 5.75 Å². The molecule has 0 saturated carbocycles. The number of phenols is 1. The highest BCUT2D eigenvalue weighted by molar-refractivity contribution is 5.86. The molecule has 0 bridgehead atoms. The minimum atomic E-state index is -0.646. The Morgan fingerprint density at radius 1 is 1.19 bits per heavy atom. The number of aromatic nitrogens is 1. The summed E-state index contributed by atoms with van der Waals surface area (Å²) in [4.78, 5) is 15.5. The summed E-state index contributed by atoms with van der Waals surface area (Å²) < 4.78 is 4.53. The zero-order valence-electron chi connectivity index (χ0n) is 11.6. The fourth-order valence-electron chi connectivity index (χ4n) is 1.53. The Morgan fingerprint density at radius 2 is 1.90 bits per heavy atom. The Morgan fingerprint density at radius 3 is 2.62 bits per heavy atom. The van der Waals surface area contributed by atoms with Crippen LogP contribution in [0.1, 0.15) is 5.69 Å². The number of anilines is 1. The van der Waals surface area contributed by atoms with Gasteiger partial charge in [0.2, 0.25) is 0 Å². The lowest BCUT2D eigenvalue weighted by Crippen LogP contribution is -2.12. The molecule has 7 heteroatoms. The van der Waals surface area contributed by atoms with Gasteiger partial charge < -0.3 is 9.84 Å². The van der Waals surface area contributed by atoms with E-state index in [4.69, 9.17) is 0 Å². The van der Waals surface area contributed by atoms with Crippen LogP contribution in [0.2, 0.25) is 0 Å². The van der Waals surface area contributed by atoms with E-state index in [0.717, 1.165) is 0 Å². The number of carbonyl (C=O) groups excluding carboxylic acids is 1. The van der Waals surface area contributed by atoms with E-state index in [1.807, 2.05) is 0 Å². The van der Waals surface area contributed by atoms with Gasteiger partial charge in [-0.1, -0.05) is 12.1 Å². The Kier molecular flexibility index (Phi) is 4.45. The van der Waals surface area contributed by atoms with E-state index in [-0.39, 0.29) is 11.6 Å². The van der Waals surface area contributed by atoms with Crippen molar-refractivity contribution in [2.75, 3.05) is 12.4 Å². The number of azo groups is 1. The molecule has 0 aliphatic carbocycles. The van der Waals surface area contributed by atoms with Crippen molar-refractivity contribution in [3.05, 3.63) is 42.1 Å². The molecule has 2 aromatic rings. The molecule has 21 heavy (non-hydrogen) atoms. The third kappa shape index (κ3) is 3.75. The Hall–Kier alpha value is -2.96. The molecule has 0 spiro atoms. The summed E-state index contributed by atoms with van der Waals surface area (Å²) in [5.41, 5.74) is 1.39. The Balaban J connectivity index is 2.31. The van der Waals surface area contributed by atoms with Crippen LogP contribution in [0.15, 0.2) is 46.6 Å². The maximum atomic E-state index is 11.3. The third-order valence-corrected chi connectivity index (χ3v) is 2.57. The van der Waals surface area contributed by atoms with Crippen LogP contribution in [-0.4, -0.2) is 23.3 Å². The first-order chi connectivity index (χ1) is 10.1. The zero-order chi connectivity index (χ0) is 15.2. The van der Waals surface area contributed by atoms with Crippen LogP contribution in [-0.2, 0) is 4.74 Å². The molecule has 1 heterocycles. The van der Waals surface area contributed by atoms with Gasteiger partial charge in [-0.2, -0.15) is 0 Å². The summed E-state index contributed by atoms with van der Waals surface area (Å²) >= 11 is 0. The van der Waals surface area contributed by atoms with Crippen LogP contribution in [0.25, 0.3) is 0 Å². The largest absolute Gasteiger partial charge is 0.506 e. The number of para-hydroxylation sites is 1. The molecule has 108 valence electrons. The molecule has 1 amide bonds. The highest BCUT2D eigenvalue weighted by Gasteiger charge is 2.08. The number of pyridine rings is 1. The lowest BCUT2D eigenvalue weighted by molar-refractivity contribution is 0.187. The van der Waals surface area contributed by atoms with Crippen molar-refractivity contribution in [1.29, 1.82) is 0 Å². The molecule has 0 saturated heterocycles. The van der Waals surface area contributed by atoms with Crippen molar-refractivity contribution in [1.82, 2.24) is 4.98 Å². The molecule has 1 aromatic heterocycles. The number of nitrogens with one attached hydrogen (secondary N) is 1. The van der Waals surface area contributed by atoms with Gasteiger partial charge in [-0.3, -0.25) is 5.32 Å². The minimum Gasteiger partial charge on any atom is -0.506 e. The summed E-state index contributed by atoms with van der Waals surface area (Å²) in [6.07, 6.45) is -0.646. The summed E-state index contributed by atoms with van der Waals surface area (Å²) in [6.45, 7) is 1.78. The van der Waals surface area contributed by atoms with Crippen molar-refractivity contribution < 1.29 is 14.6 Å². The van der Waals surface area contributed by atoms with Gasteiger partial charge >= 0.3 is 6.09 Å². The lowest BCUT2D eigenvalue weighted by atomic mass is 10.3. The van der Waals surface area contributed by atoms with E-state index >= 15 is 0 Å². The summed E-state index contributed by atoms with van der Waals surface area (Å²) in [6, 6.07) is 9.95. The minimum absolute atomic E-state index is 0.0174. The van der Waals surface area contributed by atoms with Crippen molar-refractivity contribution in [2.45, 2.75) is 6.92 Å². The summed E-state index contributed by atoms with van der Waals surface area (Å²) in [5.74, 6) is 0.254. The number of nitrogens with zero attached hydrogens (tertiary/aromatic N) is 3. The summed E-state index contributed by atoms with van der Waals surface area (Å²) in [7, 11) is 1.26. The van der Waals surface area contributed by atoms with Crippen LogP contribution in [0, 0.1) is 6.92 Å². The standard InChI is InChI=1S/C14H14N4O3/c1-9-7-8-11(13(15-9)16-14(20)21-2)18-17-10-5-3-4-6-12(10)19/h3-8,19H,1-2H3,(H,15,16,20)/b18-17+. The van der Waals surface area contributed by atoms with Gasteiger partial charge in [0, 0.05) is 5.69 Å². The molecule has 0 radical (unpaired) electrons. The first-order valence-electron chi connectivity index (χ1n) is 6.12. The molecule has 0 unspecified atom stereocenters. The molecular weight excluding hydrogens is 272 g/mol. The number of phenolic OH excluding ortho intramolecular Hbond substituents is 1. The maximum absolute atomic E-state index is 11.3. The first kappa shape index (κ1) is 14.4. The van der Waals surface area contributed by atoms with Crippen molar-refractivity contribution >= 4 is 23.3 Å². The van der Waals surface area contributed by atoms with Crippen LogP contribution in [0.3, 0.4) is 0 Å².